The molecule has 0 aliphatic rings. The Morgan fingerprint density at radius 3 is 2.53 bits per heavy atom. The van der Waals surface area contributed by atoms with E-state index < -0.39 is 9.05 Å². The molecule has 1 amide bonds. The van der Waals surface area contributed by atoms with Crippen molar-refractivity contribution in [1.82, 2.24) is 0 Å². The summed E-state index contributed by atoms with van der Waals surface area (Å²) in [5.41, 5.74) is 1.11. The zero-order valence-corrected chi connectivity index (χ0v) is 12.6. The Balaban J connectivity index is 3.21. The zero-order valence-electron chi connectivity index (χ0n) is 11.0. The quantitative estimate of drug-likeness (QED) is 0.849. The highest BCUT2D eigenvalue weighted by atomic mass is 35.7. The predicted molar refractivity (Wildman–Crippen MR) is 74.3 cm³/mol. The maximum Gasteiger partial charge on any atom is 0.264 e. The highest BCUT2D eigenvalue weighted by Crippen LogP contribution is 2.32. The Labute approximate surface area is 117 Å². The van der Waals surface area contributed by atoms with E-state index in [1.807, 2.05) is 6.92 Å². The van der Waals surface area contributed by atoms with Crippen molar-refractivity contribution in [2.45, 2.75) is 31.6 Å². The first-order chi connectivity index (χ1) is 8.79. The lowest BCUT2D eigenvalue weighted by Crippen LogP contribution is -2.12. The van der Waals surface area contributed by atoms with Gasteiger partial charge in [-0.3, -0.25) is 4.79 Å². The molecule has 0 heterocycles. The first-order valence-electron chi connectivity index (χ1n) is 5.72. The third-order valence-corrected chi connectivity index (χ3v) is 3.87. The normalized spacial score (nSPS) is 11.2. The van der Waals surface area contributed by atoms with Gasteiger partial charge in [-0.25, -0.2) is 8.42 Å². The van der Waals surface area contributed by atoms with Crippen LogP contribution in [0.1, 0.15) is 25.3 Å². The van der Waals surface area contributed by atoms with Crippen molar-refractivity contribution in [2.75, 3.05) is 12.4 Å². The fourth-order valence-corrected chi connectivity index (χ4v) is 2.65. The summed E-state index contributed by atoms with van der Waals surface area (Å²) < 4.78 is 27.8. The summed E-state index contributed by atoms with van der Waals surface area (Å²) in [6.07, 6.45) is 1.13. The number of hydrogen-bond acceptors (Lipinski definition) is 4. The number of hydrogen-bond donors (Lipinski definition) is 1. The number of ether oxygens (including phenoxy) is 1. The Hall–Kier alpha value is -1.27. The van der Waals surface area contributed by atoms with Crippen molar-refractivity contribution in [3.05, 3.63) is 17.7 Å². The van der Waals surface area contributed by atoms with E-state index in [1.54, 1.807) is 6.92 Å². The Bertz CT molecular complexity index is 584. The topological polar surface area (TPSA) is 72.5 Å². The molecule has 5 nitrogen and oxygen atoms in total. The fraction of sp³-hybridized carbons (Fsp3) is 0.417. The molecule has 106 valence electrons. The molecule has 1 aromatic carbocycles. The van der Waals surface area contributed by atoms with E-state index in [2.05, 4.69) is 5.32 Å². The van der Waals surface area contributed by atoms with E-state index in [0.29, 0.717) is 17.7 Å². The number of methoxy groups -OCH3 is 1. The molecule has 0 spiro atoms. The van der Waals surface area contributed by atoms with Gasteiger partial charge < -0.3 is 10.1 Å². The Kier molecular flexibility index (Phi) is 5.20. The molecule has 0 aromatic heterocycles. The number of carbonyl (C=O) groups excluding carboxylic acids is 1. The molecule has 0 saturated carbocycles. The van der Waals surface area contributed by atoms with Gasteiger partial charge in [-0.05, 0) is 25.0 Å². The number of halogens is 1. The summed E-state index contributed by atoms with van der Waals surface area (Å²) in [7, 11) is 2.78. The van der Waals surface area contributed by atoms with Crippen LogP contribution in [0.2, 0.25) is 0 Å². The minimum atomic E-state index is -3.89. The summed E-state index contributed by atoms with van der Waals surface area (Å²) in [4.78, 5) is 11.4. The van der Waals surface area contributed by atoms with Gasteiger partial charge in [0.05, 0.1) is 7.11 Å². The molecule has 0 radical (unpaired) electrons. The van der Waals surface area contributed by atoms with Gasteiger partial charge in [0, 0.05) is 28.9 Å². The summed E-state index contributed by atoms with van der Waals surface area (Å²) in [6.45, 7) is 3.59. The van der Waals surface area contributed by atoms with E-state index in [9.17, 15) is 13.2 Å². The molecular formula is C12H16ClNO4S. The van der Waals surface area contributed by atoms with Crippen molar-refractivity contribution < 1.29 is 17.9 Å². The van der Waals surface area contributed by atoms with Gasteiger partial charge in [0.1, 0.15) is 10.6 Å². The van der Waals surface area contributed by atoms with Gasteiger partial charge in [0.2, 0.25) is 5.91 Å². The van der Waals surface area contributed by atoms with Crippen LogP contribution in [0.25, 0.3) is 0 Å². The first kappa shape index (κ1) is 15.8. The number of amides is 1. The van der Waals surface area contributed by atoms with Crippen LogP contribution in [0, 0.1) is 6.92 Å². The minimum absolute atomic E-state index is 0.104. The van der Waals surface area contributed by atoms with Gasteiger partial charge in [0.15, 0.2) is 0 Å². The number of nitrogens with one attached hydrogen (secondary N) is 1. The van der Waals surface area contributed by atoms with Crippen molar-refractivity contribution in [1.29, 1.82) is 0 Å². The van der Waals surface area contributed by atoms with Crippen molar-refractivity contribution in [3.63, 3.8) is 0 Å². The third-order valence-electron chi connectivity index (χ3n) is 2.52. The monoisotopic (exact) mass is 305 g/mol. The number of rotatable bonds is 5. The zero-order chi connectivity index (χ0) is 14.6. The molecule has 0 unspecified atom stereocenters. The summed E-state index contributed by atoms with van der Waals surface area (Å²) in [5.74, 6) is -0.0264. The smallest absolute Gasteiger partial charge is 0.264 e. The average molecular weight is 306 g/mol. The number of anilines is 1. The van der Waals surface area contributed by atoms with E-state index in [1.165, 1.54) is 19.2 Å². The highest BCUT2D eigenvalue weighted by molar-refractivity contribution is 8.13. The fourth-order valence-electron chi connectivity index (χ4n) is 1.59. The SMILES string of the molecule is CCCC(=O)Nc1cc(OC)c(S(=O)(=O)Cl)cc1C. The lowest BCUT2D eigenvalue weighted by Gasteiger charge is -2.12. The third kappa shape index (κ3) is 4.11. The second-order valence-electron chi connectivity index (χ2n) is 4.05. The molecule has 0 bridgehead atoms. The van der Waals surface area contributed by atoms with E-state index in [4.69, 9.17) is 15.4 Å². The summed E-state index contributed by atoms with van der Waals surface area (Å²) >= 11 is 0. The molecule has 1 rings (SSSR count). The first-order valence-corrected chi connectivity index (χ1v) is 8.03. The van der Waals surface area contributed by atoms with E-state index in [-0.39, 0.29) is 16.6 Å². The van der Waals surface area contributed by atoms with Crippen molar-refractivity contribution in [3.8, 4) is 5.75 Å². The summed E-state index contributed by atoms with van der Waals surface area (Å²) in [6, 6.07) is 2.83. The standard InChI is InChI=1S/C12H16ClNO4S/c1-4-5-12(15)14-9-7-10(18-3)11(6-8(9)2)19(13,16)17/h6-7H,4-5H2,1-3H3,(H,14,15). The van der Waals surface area contributed by atoms with Gasteiger partial charge in [-0.15, -0.1) is 0 Å². The second kappa shape index (κ2) is 6.25. The molecule has 0 aliphatic heterocycles. The van der Waals surface area contributed by atoms with Crippen LogP contribution < -0.4 is 10.1 Å². The molecule has 19 heavy (non-hydrogen) atoms. The van der Waals surface area contributed by atoms with Crippen LogP contribution in [0.3, 0.4) is 0 Å². The van der Waals surface area contributed by atoms with Gasteiger partial charge in [0.25, 0.3) is 9.05 Å². The summed E-state index contributed by atoms with van der Waals surface area (Å²) in [5, 5.41) is 2.71. The van der Waals surface area contributed by atoms with Crippen LogP contribution in [-0.4, -0.2) is 21.4 Å². The molecule has 1 N–H and O–H groups in total. The van der Waals surface area contributed by atoms with Crippen molar-refractivity contribution >= 4 is 31.3 Å². The maximum atomic E-state index is 11.5. The molecule has 0 aliphatic carbocycles. The number of carbonyl (C=O) groups is 1. The van der Waals surface area contributed by atoms with Crippen LogP contribution in [-0.2, 0) is 13.8 Å². The molecule has 7 heteroatoms. The molecule has 1 aromatic rings. The molecular weight excluding hydrogens is 290 g/mol. The molecule has 0 atom stereocenters. The lowest BCUT2D eigenvalue weighted by atomic mass is 10.2. The van der Waals surface area contributed by atoms with E-state index in [0.717, 1.165) is 6.42 Å². The van der Waals surface area contributed by atoms with Gasteiger partial charge in [-0.1, -0.05) is 6.92 Å². The highest BCUT2D eigenvalue weighted by Gasteiger charge is 2.19. The molecule has 0 fully saturated rings. The van der Waals surface area contributed by atoms with E-state index >= 15 is 0 Å². The number of aryl methyl sites for hydroxylation is 1. The number of benzene rings is 1. The van der Waals surface area contributed by atoms with Crippen molar-refractivity contribution in [2.24, 2.45) is 0 Å². The lowest BCUT2D eigenvalue weighted by molar-refractivity contribution is -0.116. The molecule has 0 saturated heterocycles. The maximum absolute atomic E-state index is 11.5. The van der Waals surface area contributed by atoms with Crippen LogP contribution in [0.5, 0.6) is 5.75 Å². The van der Waals surface area contributed by atoms with Gasteiger partial charge >= 0.3 is 0 Å². The Morgan fingerprint density at radius 2 is 2.05 bits per heavy atom. The van der Waals surface area contributed by atoms with Gasteiger partial charge in [-0.2, -0.15) is 0 Å². The second-order valence-corrected chi connectivity index (χ2v) is 6.59. The van der Waals surface area contributed by atoms with Crippen LogP contribution >= 0.6 is 10.7 Å². The van der Waals surface area contributed by atoms with Crippen LogP contribution in [0.4, 0.5) is 5.69 Å². The largest absolute Gasteiger partial charge is 0.495 e. The predicted octanol–water partition coefficient (Wildman–Crippen LogP) is 2.67. The van der Waals surface area contributed by atoms with Crippen LogP contribution in [0.15, 0.2) is 17.0 Å². The minimum Gasteiger partial charge on any atom is -0.495 e. The average Bonchev–Trinajstić information content (AvgIpc) is 2.30. The Morgan fingerprint density at radius 1 is 1.42 bits per heavy atom.